The van der Waals surface area contributed by atoms with E-state index in [4.69, 9.17) is 9.97 Å². The molecule has 1 amide bonds. The molecule has 8 nitrogen and oxygen atoms in total. The standard InChI is InChI=1S/C25H30FN7OS/c1-6-33-11-7-8-19(33)32(5)23-20-22(31(4)13-27-20)21-25(30-23)35-24(29-21)16-9-10-18(26)17(12-16)14(2)28-15(3)34/h9-10,12-14,19H,6-8,11H2,1-5H3,(H,28,34). The Morgan fingerprint density at radius 1 is 1.34 bits per heavy atom. The van der Waals surface area contributed by atoms with E-state index < -0.39 is 6.04 Å². The molecule has 184 valence electrons. The van der Waals surface area contributed by atoms with Crippen molar-refractivity contribution in [3.63, 3.8) is 0 Å². The first-order chi connectivity index (χ1) is 16.8. The average Bonchev–Trinajstić information content (AvgIpc) is 3.55. The second kappa shape index (κ2) is 9.16. The zero-order valence-corrected chi connectivity index (χ0v) is 21.5. The molecule has 0 spiro atoms. The van der Waals surface area contributed by atoms with Crippen LogP contribution in [0.2, 0.25) is 0 Å². The van der Waals surface area contributed by atoms with Crippen LogP contribution in [-0.4, -0.2) is 56.6 Å². The number of fused-ring (bicyclic) bond motifs is 3. The number of aryl methyl sites for hydroxylation is 1. The minimum absolute atomic E-state index is 0.203. The van der Waals surface area contributed by atoms with Gasteiger partial charge in [-0.15, -0.1) is 0 Å². The van der Waals surface area contributed by atoms with Crippen molar-refractivity contribution in [1.29, 1.82) is 0 Å². The summed E-state index contributed by atoms with van der Waals surface area (Å²) in [5.74, 6) is 0.294. The zero-order chi connectivity index (χ0) is 24.9. The molecular formula is C25H30FN7OS. The summed E-state index contributed by atoms with van der Waals surface area (Å²) in [5.41, 5.74) is 3.78. The third kappa shape index (κ3) is 4.14. The van der Waals surface area contributed by atoms with Crippen LogP contribution in [0.1, 0.15) is 45.2 Å². The fourth-order valence-electron chi connectivity index (χ4n) is 5.08. The minimum Gasteiger partial charge on any atom is -0.350 e. The summed E-state index contributed by atoms with van der Waals surface area (Å²) < 4.78 is 16.5. The van der Waals surface area contributed by atoms with Crippen molar-refractivity contribution in [2.75, 3.05) is 25.0 Å². The summed E-state index contributed by atoms with van der Waals surface area (Å²) in [5, 5.41) is 3.51. The molecule has 10 heteroatoms. The normalized spacial score (nSPS) is 17.4. The summed E-state index contributed by atoms with van der Waals surface area (Å²) in [7, 11) is 4.06. The van der Waals surface area contributed by atoms with E-state index in [1.54, 1.807) is 25.4 Å². The minimum atomic E-state index is -0.447. The van der Waals surface area contributed by atoms with Crippen molar-refractivity contribution in [2.45, 2.75) is 45.8 Å². The number of carbonyl (C=O) groups excluding carboxylic acids is 1. The molecule has 2 unspecified atom stereocenters. The van der Waals surface area contributed by atoms with E-state index in [-0.39, 0.29) is 17.9 Å². The lowest BCUT2D eigenvalue weighted by molar-refractivity contribution is -0.119. The lowest BCUT2D eigenvalue weighted by atomic mass is 10.0. The van der Waals surface area contributed by atoms with Crippen LogP contribution in [0.4, 0.5) is 10.2 Å². The van der Waals surface area contributed by atoms with Gasteiger partial charge in [-0.3, -0.25) is 9.69 Å². The quantitative estimate of drug-likeness (QED) is 0.426. The molecule has 35 heavy (non-hydrogen) atoms. The smallest absolute Gasteiger partial charge is 0.217 e. The van der Waals surface area contributed by atoms with E-state index in [1.165, 1.54) is 30.7 Å². The topological polar surface area (TPSA) is 79.2 Å². The fourth-order valence-corrected chi connectivity index (χ4v) is 6.02. The van der Waals surface area contributed by atoms with Gasteiger partial charge in [-0.2, -0.15) is 0 Å². The van der Waals surface area contributed by atoms with E-state index >= 15 is 0 Å². The lowest BCUT2D eigenvalue weighted by Gasteiger charge is -2.32. The third-order valence-corrected chi connectivity index (χ3v) is 7.83. The van der Waals surface area contributed by atoms with Crippen LogP contribution in [-0.2, 0) is 11.8 Å². The van der Waals surface area contributed by atoms with Crippen molar-refractivity contribution < 1.29 is 9.18 Å². The molecule has 3 aromatic heterocycles. The van der Waals surface area contributed by atoms with Crippen LogP contribution in [0.25, 0.3) is 32.0 Å². The number of nitrogens with one attached hydrogen (secondary N) is 1. The van der Waals surface area contributed by atoms with E-state index in [2.05, 4.69) is 34.1 Å². The largest absolute Gasteiger partial charge is 0.350 e. The summed E-state index contributed by atoms with van der Waals surface area (Å²) >= 11 is 1.48. The maximum Gasteiger partial charge on any atom is 0.217 e. The van der Waals surface area contributed by atoms with Gasteiger partial charge in [0.1, 0.15) is 32.2 Å². The molecule has 1 aliphatic rings. The molecule has 1 fully saturated rings. The lowest BCUT2D eigenvalue weighted by Crippen LogP contribution is -2.43. The van der Waals surface area contributed by atoms with Gasteiger partial charge in [0.05, 0.1) is 18.5 Å². The number of benzene rings is 1. The molecule has 4 aromatic rings. The molecule has 1 N–H and O–H groups in total. The SMILES string of the molecule is CCN1CCCC1N(C)c1nc2sc(-c3ccc(F)c(C(C)NC(C)=O)c3)nc2c2c1ncn2C. The molecule has 4 heterocycles. The highest BCUT2D eigenvalue weighted by atomic mass is 32.1. The predicted molar refractivity (Wildman–Crippen MR) is 138 cm³/mol. The van der Waals surface area contributed by atoms with Gasteiger partial charge in [-0.25, -0.2) is 19.3 Å². The van der Waals surface area contributed by atoms with Gasteiger partial charge >= 0.3 is 0 Å². The zero-order valence-electron chi connectivity index (χ0n) is 20.7. The number of carbonyl (C=O) groups is 1. The van der Waals surface area contributed by atoms with Gasteiger partial charge in [0.15, 0.2) is 5.82 Å². The first-order valence-corrected chi connectivity index (χ1v) is 12.8. The van der Waals surface area contributed by atoms with Gasteiger partial charge < -0.3 is 14.8 Å². The molecule has 0 radical (unpaired) electrons. The van der Waals surface area contributed by atoms with Gasteiger partial charge in [0, 0.05) is 38.7 Å². The van der Waals surface area contributed by atoms with Crippen LogP contribution in [0, 0.1) is 5.82 Å². The number of halogens is 1. The number of hydrogen-bond donors (Lipinski definition) is 1. The Morgan fingerprint density at radius 2 is 2.14 bits per heavy atom. The number of thiazole rings is 1. The van der Waals surface area contributed by atoms with E-state index in [1.807, 2.05) is 11.6 Å². The molecule has 1 saturated heterocycles. The Kier molecular flexibility index (Phi) is 6.18. The second-order valence-electron chi connectivity index (χ2n) is 9.18. The number of imidazole rings is 1. The van der Waals surface area contributed by atoms with Crippen LogP contribution in [0.15, 0.2) is 24.5 Å². The predicted octanol–water partition coefficient (Wildman–Crippen LogP) is 4.46. The molecule has 5 rings (SSSR count). The molecule has 0 aliphatic carbocycles. The Hall–Kier alpha value is -3.11. The van der Waals surface area contributed by atoms with E-state index in [0.29, 0.717) is 5.56 Å². The van der Waals surface area contributed by atoms with Crippen LogP contribution >= 0.6 is 11.3 Å². The number of rotatable bonds is 6. The monoisotopic (exact) mass is 495 g/mol. The number of aromatic nitrogens is 4. The maximum atomic E-state index is 14.6. The second-order valence-corrected chi connectivity index (χ2v) is 10.2. The first kappa shape index (κ1) is 23.6. The summed E-state index contributed by atoms with van der Waals surface area (Å²) in [4.78, 5) is 31.7. The van der Waals surface area contributed by atoms with E-state index in [0.717, 1.165) is 57.3 Å². The molecular weight excluding hydrogens is 465 g/mol. The highest BCUT2D eigenvalue weighted by molar-refractivity contribution is 7.21. The Labute approximate surface area is 207 Å². The fraction of sp³-hybridized carbons (Fsp3) is 0.440. The number of amides is 1. The van der Waals surface area contributed by atoms with Gasteiger partial charge in [-0.05, 0) is 44.5 Å². The summed E-state index contributed by atoms with van der Waals surface area (Å²) in [6, 6.07) is 4.47. The van der Waals surface area contributed by atoms with Crippen molar-refractivity contribution in [3.05, 3.63) is 35.9 Å². The number of hydrogen-bond acceptors (Lipinski definition) is 7. The number of pyridine rings is 1. The van der Waals surface area contributed by atoms with Gasteiger partial charge in [0.2, 0.25) is 5.91 Å². The molecule has 1 aliphatic heterocycles. The molecule has 2 atom stereocenters. The summed E-state index contributed by atoms with van der Waals surface area (Å²) in [6.07, 6.45) is 4.36. The number of anilines is 1. The molecule has 0 saturated carbocycles. The Bertz CT molecular complexity index is 1410. The van der Waals surface area contributed by atoms with Crippen LogP contribution < -0.4 is 10.2 Å². The third-order valence-electron chi connectivity index (χ3n) is 6.84. The Morgan fingerprint density at radius 3 is 2.89 bits per heavy atom. The molecule has 0 bridgehead atoms. The van der Waals surface area contributed by atoms with Crippen molar-refractivity contribution in [1.82, 2.24) is 29.7 Å². The Balaban J connectivity index is 1.61. The van der Waals surface area contributed by atoms with Crippen molar-refractivity contribution >= 4 is 44.4 Å². The highest BCUT2D eigenvalue weighted by Crippen LogP contribution is 2.38. The van der Waals surface area contributed by atoms with Crippen molar-refractivity contribution in [2.24, 2.45) is 7.05 Å². The first-order valence-electron chi connectivity index (χ1n) is 11.9. The summed E-state index contributed by atoms with van der Waals surface area (Å²) in [6.45, 7) is 7.48. The highest BCUT2D eigenvalue weighted by Gasteiger charge is 2.30. The van der Waals surface area contributed by atoms with Crippen molar-refractivity contribution in [3.8, 4) is 10.6 Å². The van der Waals surface area contributed by atoms with Gasteiger partial charge in [0.25, 0.3) is 0 Å². The maximum absolute atomic E-state index is 14.6. The van der Waals surface area contributed by atoms with E-state index in [9.17, 15) is 9.18 Å². The average molecular weight is 496 g/mol. The number of likely N-dealkylation sites (tertiary alicyclic amines) is 1. The van der Waals surface area contributed by atoms with Gasteiger partial charge in [-0.1, -0.05) is 18.3 Å². The number of nitrogens with zero attached hydrogens (tertiary/aromatic N) is 6. The van der Waals surface area contributed by atoms with Crippen LogP contribution in [0.3, 0.4) is 0 Å². The van der Waals surface area contributed by atoms with Crippen LogP contribution in [0.5, 0.6) is 0 Å². The molecule has 1 aromatic carbocycles.